The predicted molar refractivity (Wildman–Crippen MR) is 142 cm³/mol. The van der Waals surface area contributed by atoms with E-state index >= 15 is 0 Å². The van der Waals surface area contributed by atoms with E-state index in [1.54, 1.807) is 17.1 Å². The summed E-state index contributed by atoms with van der Waals surface area (Å²) in [5.74, 6) is -0.735. The number of hydrogen-bond donors (Lipinski definition) is 3. The third-order valence-corrected chi connectivity index (χ3v) is 10.4. The summed E-state index contributed by atoms with van der Waals surface area (Å²) in [5, 5.41) is 24.4. The Morgan fingerprint density at radius 3 is 2.75 bits per heavy atom. The maximum absolute atomic E-state index is 12.9. The number of amides is 3. The molecule has 0 spiro atoms. The lowest BCUT2D eigenvalue weighted by Crippen LogP contribution is -2.70. The molecule has 3 amide bonds. The lowest BCUT2D eigenvalue weighted by atomic mass is 10.0. The normalized spacial score (nSPS) is 19.6. The molecule has 2 aliphatic rings. The standard InChI is InChI=1S/C19H17ClN6O5S5/c1-2-32-18-24-25-19(36-18)35-5-8-4-33-15-11(14(29)26(15)12(8)16(30)31)23-13(28)9(3-20)10-6-34-17(22-10)21-7-27/h3,6-7,11,15H,2,4-5H2,1H3,(H,23,28)(H,30,31)(H,21,22,27)/b9-3+/t11?,15-/m1/s1. The Labute approximate surface area is 230 Å². The molecular weight excluding hydrogens is 588 g/mol. The molecule has 2 aromatic heterocycles. The molecule has 4 rings (SSSR count). The van der Waals surface area contributed by atoms with E-state index in [9.17, 15) is 24.3 Å². The summed E-state index contributed by atoms with van der Waals surface area (Å²) in [7, 11) is 0. The Bertz CT molecular complexity index is 1260. The van der Waals surface area contributed by atoms with E-state index < -0.39 is 29.2 Å². The Kier molecular flexibility index (Phi) is 8.95. The van der Waals surface area contributed by atoms with Crippen molar-refractivity contribution in [2.75, 3.05) is 22.6 Å². The van der Waals surface area contributed by atoms with Crippen LogP contribution in [0, 0.1) is 0 Å². The summed E-state index contributed by atoms with van der Waals surface area (Å²) in [6, 6.07) is -0.916. The van der Waals surface area contributed by atoms with E-state index in [1.807, 2.05) is 6.92 Å². The van der Waals surface area contributed by atoms with E-state index in [4.69, 9.17) is 11.6 Å². The molecule has 4 heterocycles. The van der Waals surface area contributed by atoms with Crippen molar-refractivity contribution in [3.05, 3.63) is 27.9 Å². The van der Waals surface area contributed by atoms with Crippen molar-refractivity contribution >= 4 is 104 Å². The highest BCUT2D eigenvalue weighted by Gasteiger charge is 2.54. The molecule has 2 aliphatic heterocycles. The second kappa shape index (κ2) is 12.0. The number of carboxylic acid groups (broad SMARTS) is 1. The molecular formula is C19H17ClN6O5S5. The van der Waals surface area contributed by atoms with E-state index in [0.717, 1.165) is 31.3 Å². The number of carboxylic acids is 1. The summed E-state index contributed by atoms with van der Waals surface area (Å²) in [6.45, 7) is 2.02. The van der Waals surface area contributed by atoms with Gasteiger partial charge in [0.1, 0.15) is 17.1 Å². The molecule has 3 N–H and O–H groups in total. The van der Waals surface area contributed by atoms with Gasteiger partial charge in [0.25, 0.3) is 11.8 Å². The van der Waals surface area contributed by atoms with Crippen LogP contribution in [0.25, 0.3) is 5.57 Å². The SMILES string of the molecule is CCSc1nnc(SCC2=C(C(=O)O)N3C(=O)C(NC(=O)/C(=C/Cl)c4csc(NC=O)n4)[C@H]3SC2)s1. The van der Waals surface area contributed by atoms with Crippen molar-refractivity contribution in [3.63, 3.8) is 0 Å². The molecule has 17 heteroatoms. The number of nitrogens with one attached hydrogen (secondary N) is 2. The number of anilines is 1. The summed E-state index contributed by atoms with van der Waals surface area (Å²) in [4.78, 5) is 53.8. The second-order valence-electron chi connectivity index (χ2n) is 7.00. The number of carbonyl (C=O) groups is 4. The van der Waals surface area contributed by atoms with Crippen molar-refractivity contribution in [2.45, 2.75) is 27.0 Å². The van der Waals surface area contributed by atoms with Gasteiger partial charge in [-0.15, -0.1) is 33.3 Å². The molecule has 0 radical (unpaired) electrons. The van der Waals surface area contributed by atoms with Crippen molar-refractivity contribution in [1.82, 2.24) is 25.4 Å². The number of hydrogen-bond acceptors (Lipinski definition) is 12. The molecule has 0 aromatic carbocycles. The fourth-order valence-corrected chi connectivity index (χ4v) is 8.62. The number of β-lactam (4-membered cyclic amide) rings is 1. The zero-order valence-corrected chi connectivity index (χ0v) is 23.1. The van der Waals surface area contributed by atoms with Gasteiger partial charge in [-0.25, -0.2) is 9.78 Å². The zero-order valence-electron chi connectivity index (χ0n) is 18.3. The first-order valence-corrected chi connectivity index (χ1v) is 15.3. The van der Waals surface area contributed by atoms with Crippen LogP contribution in [-0.2, 0) is 19.2 Å². The summed E-state index contributed by atoms with van der Waals surface area (Å²) >= 11 is 12.7. The number of thiazole rings is 1. The maximum atomic E-state index is 12.9. The van der Waals surface area contributed by atoms with Crippen LogP contribution in [0.3, 0.4) is 0 Å². The molecule has 190 valence electrons. The van der Waals surface area contributed by atoms with E-state index in [2.05, 4.69) is 25.8 Å². The lowest BCUT2D eigenvalue weighted by Gasteiger charge is -2.49. The minimum atomic E-state index is -1.20. The molecule has 2 atom stereocenters. The van der Waals surface area contributed by atoms with Crippen LogP contribution in [-0.4, -0.2) is 78.1 Å². The van der Waals surface area contributed by atoms with Gasteiger partial charge in [0.2, 0.25) is 6.41 Å². The van der Waals surface area contributed by atoms with Crippen molar-refractivity contribution in [2.24, 2.45) is 0 Å². The molecule has 2 aromatic rings. The highest BCUT2D eigenvalue weighted by Crippen LogP contribution is 2.42. The topological polar surface area (TPSA) is 154 Å². The van der Waals surface area contributed by atoms with Gasteiger partial charge < -0.3 is 15.7 Å². The van der Waals surface area contributed by atoms with Gasteiger partial charge in [0.05, 0.1) is 11.3 Å². The van der Waals surface area contributed by atoms with Crippen LogP contribution < -0.4 is 10.6 Å². The molecule has 0 aliphatic carbocycles. The van der Waals surface area contributed by atoms with Gasteiger partial charge in [-0.1, -0.05) is 53.4 Å². The number of halogens is 1. The highest BCUT2D eigenvalue weighted by molar-refractivity contribution is 8.03. The molecule has 11 nitrogen and oxygen atoms in total. The van der Waals surface area contributed by atoms with Crippen LogP contribution in [0.4, 0.5) is 5.13 Å². The number of nitrogens with zero attached hydrogens (tertiary/aromatic N) is 4. The summed E-state index contributed by atoms with van der Waals surface area (Å²) < 4.78 is 1.57. The second-order valence-corrected chi connectivity index (χ2v) is 12.9. The van der Waals surface area contributed by atoms with Crippen molar-refractivity contribution in [3.8, 4) is 0 Å². The Morgan fingerprint density at radius 2 is 2.08 bits per heavy atom. The van der Waals surface area contributed by atoms with Gasteiger partial charge >= 0.3 is 5.97 Å². The predicted octanol–water partition coefficient (Wildman–Crippen LogP) is 2.79. The van der Waals surface area contributed by atoms with Crippen LogP contribution in [0.2, 0.25) is 0 Å². The van der Waals surface area contributed by atoms with Crippen LogP contribution in [0.5, 0.6) is 0 Å². The quantitative estimate of drug-likeness (QED) is 0.150. The fourth-order valence-electron chi connectivity index (χ4n) is 3.34. The average molecular weight is 605 g/mol. The Balaban J connectivity index is 1.44. The fraction of sp³-hybridized carbons (Fsp3) is 0.316. The Hall–Kier alpha value is -2.11. The van der Waals surface area contributed by atoms with Gasteiger partial charge in [-0.3, -0.25) is 19.3 Å². The summed E-state index contributed by atoms with van der Waals surface area (Å²) in [6.07, 6.45) is 0.464. The zero-order chi connectivity index (χ0) is 25.8. The lowest BCUT2D eigenvalue weighted by molar-refractivity contribution is -0.150. The van der Waals surface area contributed by atoms with Gasteiger partial charge in [0.15, 0.2) is 13.8 Å². The number of thioether (sulfide) groups is 3. The van der Waals surface area contributed by atoms with E-state index in [1.165, 1.54) is 39.8 Å². The van der Waals surface area contributed by atoms with Crippen LogP contribution in [0.15, 0.2) is 30.9 Å². The third kappa shape index (κ3) is 5.57. The van der Waals surface area contributed by atoms with E-state index in [0.29, 0.717) is 23.5 Å². The number of rotatable bonds is 11. The van der Waals surface area contributed by atoms with Crippen molar-refractivity contribution < 1.29 is 24.3 Å². The molecule has 36 heavy (non-hydrogen) atoms. The highest BCUT2D eigenvalue weighted by atomic mass is 35.5. The molecule has 0 bridgehead atoms. The molecule has 1 fully saturated rings. The molecule has 1 saturated heterocycles. The minimum Gasteiger partial charge on any atom is -0.477 e. The first kappa shape index (κ1) is 26.9. The van der Waals surface area contributed by atoms with Gasteiger partial charge in [0, 0.05) is 22.4 Å². The average Bonchev–Trinajstić information content (AvgIpc) is 3.51. The first-order valence-electron chi connectivity index (χ1n) is 10.1. The smallest absolute Gasteiger partial charge is 0.352 e. The monoisotopic (exact) mass is 604 g/mol. The first-order chi connectivity index (χ1) is 17.4. The van der Waals surface area contributed by atoms with Gasteiger partial charge in [-0.05, 0) is 11.3 Å². The number of aromatic nitrogens is 3. The molecule has 1 unspecified atom stereocenters. The van der Waals surface area contributed by atoms with Crippen molar-refractivity contribution in [1.29, 1.82) is 0 Å². The number of carbonyl (C=O) groups excluding carboxylic acids is 3. The molecule has 0 saturated carbocycles. The van der Waals surface area contributed by atoms with E-state index in [-0.39, 0.29) is 22.1 Å². The number of aliphatic carboxylic acids is 1. The van der Waals surface area contributed by atoms with Crippen LogP contribution in [0.1, 0.15) is 12.6 Å². The largest absolute Gasteiger partial charge is 0.477 e. The number of fused-ring (bicyclic) bond motifs is 1. The third-order valence-electron chi connectivity index (χ3n) is 4.88. The maximum Gasteiger partial charge on any atom is 0.352 e. The minimum absolute atomic E-state index is 0.0164. The van der Waals surface area contributed by atoms with Crippen LogP contribution >= 0.6 is 69.6 Å². The summed E-state index contributed by atoms with van der Waals surface area (Å²) in [5.41, 5.74) is 1.83. The Morgan fingerprint density at radius 1 is 1.33 bits per heavy atom. The van der Waals surface area contributed by atoms with Gasteiger partial charge in [-0.2, -0.15) is 0 Å².